The molecule has 0 aliphatic carbocycles. The second-order valence-corrected chi connectivity index (χ2v) is 3.27. The first kappa shape index (κ1) is 16.6. The van der Waals surface area contributed by atoms with Gasteiger partial charge in [-0.3, -0.25) is 0 Å². The number of azide groups is 1. The fourth-order valence-corrected chi connectivity index (χ4v) is 0.974. The SMILES string of the molecule is N#CCC(O)COCCOCCOCCN=[N+]=[N-]. The van der Waals surface area contributed by atoms with Gasteiger partial charge in [-0.2, -0.15) is 5.26 Å². The highest BCUT2D eigenvalue weighted by atomic mass is 16.5. The molecule has 0 aromatic heterocycles. The minimum absolute atomic E-state index is 0.0693. The molecule has 0 aliphatic rings. The molecule has 0 radical (unpaired) electrons. The Morgan fingerprint density at radius 2 is 1.78 bits per heavy atom. The third-order valence-electron chi connectivity index (χ3n) is 1.78. The first-order valence-electron chi connectivity index (χ1n) is 5.60. The van der Waals surface area contributed by atoms with Crippen LogP contribution in [-0.2, 0) is 14.2 Å². The highest BCUT2D eigenvalue weighted by molar-refractivity contribution is 4.74. The van der Waals surface area contributed by atoms with Gasteiger partial charge in [0.1, 0.15) is 0 Å². The average molecular weight is 258 g/mol. The Morgan fingerprint density at radius 3 is 2.39 bits per heavy atom. The molecule has 0 aromatic rings. The molecule has 0 fully saturated rings. The van der Waals surface area contributed by atoms with Crippen LogP contribution in [0.2, 0.25) is 0 Å². The maximum atomic E-state index is 9.15. The lowest BCUT2D eigenvalue weighted by molar-refractivity contribution is -0.00793. The summed E-state index contributed by atoms with van der Waals surface area (Å²) in [5, 5.41) is 20.7. The van der Waals surface area contributed by atoms with Crippen molar-refractivity contribution in [1.29, 1.82) is 5.26 Å². The van der Waals surface area contributed by atoms with E-state index < -0.39 is 6.10 Å². The third kappa shape index (κ3) is 12.7. The van der Waals surface area contributed by atoms with Crippen LogP contribution in [-0.4, -0.2) is 57.4 Å². The Morgan fingerprint density at radius 1 is 1.17 bits per heavy atom. The van der Waals surface area contributed by atoms with Crippen molar-refractivity contribution < 1.29 is 19.3 Å². The van der Waals surface area contributed by atoms with E-state index in [0.717, 1.165) is 0 Å². The van der Waals surface area contributed by atoms with Gasteiger partial charge in [-0.15, -0.1) is 0 Å². The lowest BCUT2D eigenvalue weighted by Crippen LogP contribution is -2.17. The summed E-state index contributed by atoms with van der Waals surface area (Å²) in [7, 11) is 0. The Bertz CT molecular complexity index is 276. The van der Waals surface area contributed by atoms with Gasteiger partial charge in [0, 0.05) is 11.5 Å². The average Bonchev–Trinajstić information content (AvgIpc) is 2.36. The van der Waals surface area contributed by atoms with E-state index in [1.807, 2.05) is 6.07 Å². The fourth-order valence-electron chi connectivity index (χ4n) is 0.974. The zero-order chi connectivity index (χ0) is 13.5. The van der Waals surface area contributed by atoms with Gasteiger partial charge in [0.05, 0.1) is 58.2 Å². The quantitative estimate of drug-likeness (QED) is 0.238. The van der Waals surface area contributed by atoms with Gasteiger partial charge in [0.25, 0.3) is 0 Å². The number of hydrogen-bond donors (Lipinski definition) is 1. The van der Waals surface area contributed by atoms with Crippen LogP contribution >= 0.6 is 0 Å². The highest BCUT2D eigenvalue weighted by Gasteiger charge is 2.02. The molecule has 102 valence electrons. The zero-order valence-electron chi connectivity index (χ0n) is 10.2. The summed E-state index contributed by atoms with van der Waals surface area (Å²) in [6.07, 6.45) is -0.668. The number of aliphatic hydroxyl groups excluding tert-OH is 1. The normalized spacial score (nSPS) is 11.6. The molecule has 0 spiro atoms. The van der Waals surface area contributed by atoms with E-state index in [0.29, 0.717) is 39.6 Å². The van der Waals surface area contributed by atoms with Gasteiger partial charge < -0.3 is 19.3 Å². The van der Waals surface area contributed by atoms with Crippen molar-refractivity contribution in [2.24, 2.45) is 5.11 Å². The van der Waals surface area contributed by atoms with Crippen LogP contribution in [0, 0.1) is 11.3 Å². The fraction of sp³-hybridized carbons (Fsp3) is 0.900. The number of nitriles is 1. The number of aliphatic hydroxyl groups is 1. The van der Waals surface area contributed by atoms with Gasteiger partial charge in [-0.1, -0.05) is 5.11 Å². The van der Waals surface area contributed by atoms with Gasteiger partial charge in [0.15, 0.2) is 0 Å². The summed E-state index contributed by atoms with van der Waals surface area (Å²) in [6, 6.07) is 1.85. The van der Waals surface area contributed by atoms with Crippen molar-refractivity contribution in [3.63, 3.8) is 0 Å². The Balaban J connectivity index is 3.07. The summed E-state index contributed by atoms with van der Waals surface area (Å²) < 4.78 is 15.4. The smallest absolute Gasteiger partial charge is 0.0903 e. The van der Waals surface area contributed by atoms with E-state index in [1.165, 1.54) is 0 Å². The van der Waals surface area contributed by atoms with Crippen LogP contribution < -0.4 is 0 Å². The summed E-state index contributed by atoms with van der Waals surface area (Å²) in [5.74, 6) is 0. The molecule has 18 heavy (non-hydrogen) atoms. The predicted octanol–water partition coefficient (Wildman–Crippen LogP) is 0.621. The van der Waals surface area contributed by atoms with Gasteiger partial charge in [0.2, 0.25) is 0 Å². The molecule has 0 saturated carbocycles. The first-order chi connectivity index (χ1) is 8.81. The van der Waals surface area contributed by atoms with Crippen molar-refractivity contribution in [2.45, 2.75) is 12.5 Å². The maximum absolute atomic E-state index is 9.15. The van der Waals surface area contributed by atoms with Crippen molar-refractivity contribution in [2.75, 3.05) is 46.2 Å². The second-order valence-electron chi connectivity index (χ2n) is 3.27. The van der Waals surface area contributed by atoms with Gasteiger partial charge >= 0.3 is 0 Å². The molecule has 0 heterocycles. The second kappa shape index (κ2) is 13.7. The van der Waals surface area contributed by atoms with Crippen molar-refractivity contribution in [3.8, 4) is 6.07 Å². The molecule has 0 aliphatic heterocycles. The topological polar surface area (TPSA) is 120 Å². The summed E-state index contributed by atoms with van der Waals surface area (Å²) >= 11 is 0. The van der Waals surface area contributed by atoms with Crippen LogP contribution in [0.4, 0.5) is 0 Å². The molecule has 0 bridgehead atoms. The molecule has 0 aromatic carbocycles. The number of ether oxygens (including phenoxy) is 3. The molecule has 1 atom stereocenters. The molecule has 1 unspecified atom stereocenters. The van der Waals surface area contributed by atoms with Gasteiger partial charge in [-0.05, 0) is 5.53 Å². The standard InChI is InChI=1S/C10H18N4O4/c11-2-1-10(15)9-18-8-7-17-6-5-16-4-3-13-14-12/h10,15H,1,3-9H2. The van der Waals surface area contributed by atoms with Crippen LogP contribution in [0.1, 0.15) is 6.42 Å². The van der Waals surface area contributed by atoms with E-state index in [9.17, 15) is 0 Å². The largest absolute Gasteiger partial charge is 0.390 e. The van der Waals surface area contributed by atoms with Crippen molar-refractivity contribution in [1.82, 2.24) is 0 Å². The van der Waals surface area contributed by atoms with Crippen molar-refractivity contribution >= 4 is 0 Å². The Hall–Kier alpha value is -1.36. The van der Waals surface area contributed by atoms with Crippen molar-refractivity contribution in [3.05, 3.63) is 10.4 Å². The Labute approximate surface area is 106 Å². The van der Waals surface area contributed by atoms with Crippen LogP contribution in [0.3, 0.4) is 0 Å². The van der Waals surface area contributed by atoms with E-state index in [4.69, 9.17) is 30.1 Å². The van der Waals surface area contributed by atoms with E-state index in [2.05, 4.69) is 10.0 Å². The summed E-state index contributed by atoms with van der Waals surface area (Å²) in [6.45, 7) is 2.46. The van der Waals surface area contributed by atoms with Crippen LogP contribution in [0.25, 0.3) is 10.4 Å². The molecular formula is C10H18N4O4. The molecule has 1 N–H and O–H groups in total. The van der Waals surface area contributed by atoms with E-state index in [-0.39, 0.29) is 13.0 Å². The predicted molar refractivity (Wildman–Crippen MR) is 62.7 cm³/mol. The lowest BCUT2D eigenvalue weighted by Gasteiger charge is -2.08. The third-order valence-corrected chi connectivity index (χ3v) is 1.78. The van der Waals surface area contributed by atoms with Crippen LogP contribution in [0.15, 0.2) is 5.11 Å². The minimum atomic E-state index is -0.737. The van der Waals surface area contributed by atoms with E-state index >= 15 is 0 Å². The summed E-state index contributed by atoms with van der Waals surface area (Å²) in [5.41, 5.74) is 7.99. The molecule has 8 nitrogen and oxygen atoms in total. The monoisotopic (exact) mass is 258 g/mol. The Kier molecular flexibility index (Phi) is 12.7. The first-order valence-corrected chi connectivity index (χ1v) is 5.60. The lowest BCUT2D eigenvalue weighted by atomic mass is 10.3. The van der Waals surface area contributed by atoms with Crippen LogP contribution in [0.5, 0.6) is 0 Å². The highest BCUT2D eigenvalue weighted by Crippen LogP contribution is 1.90. The molecular weight excluding hydrogens is 240 g/mol. The number of rotatable bonds is 12. The molecule has 0 saturated heterocycles. The molecule has 0 rings (SSSR count). The van der Waals surface area contributed by atoms with Gasteiger partial charge in [-0.25, -0.2) is 0 Å². The minimum Gasteiger partial charge on any atom is -0.390 e. The number of nitrogens with zero attached hydrogens (tertiary/aromatic N) is 4. The number of hydrogen-bond acceptors (Lipinski definition) is 6. The molecule has 8 heteroatoms. The van der Waals surface area contributed by atoms with E-state index in [1.54, 1.807) is 0 Å². The zero-order valence-corrected chi connectivity index (χ0v) is 10.2. The summed E-state index contributed by atoms with van der Waals surface area (Å²) in [4.78, 5) is 2.59. The molecule has 0 amide bonds. The maximum Gasteiger partial charge on any atom is 0.0903 e.